The van der Waals surface area contributed by atoms with Crippen LogP contribution in [0.1, 0.15) is 29.3 Å². The molecule has 0 saturated carbocycles. The van der Waals surface area contributed by atoms with E-state index in [2.05, 4.69) is 23.3 Å². The number of aromatic nitrogens is 3. The molecule has 0 unspecified atom stereocenters. The second kappa shape index (κ2) is 16.3. The van der Waals surface area contributed by atoms with Gasteiger partial charge in [-0.05, 0) is 89.9 Å². The average molecular weight is 880 g/mol. The van der Waals surface area contributed by atoms with Crippen LogP contribution in [0, 0.1) is 0 Å². The highest BCUT2D eigenvalue weighted by Crippen LogP contribution is 2.56. The van der Waals surface area contributed by atoms with Crippen molar-refractivity contribution in [1.82, 2.24) is 14.1 Å². The van der Waals surface area contributed by atoms with Crippen LogP contribution in [0.15, 0.2) is 201 Å². The van der Waals surface area contributed by atoms with E-state index in [1.165, 1.54) is 24.3 Å². The highest BCUT2D eigenvalue weighted by molar-refractivity contribution is 6.10. The number of rotatable bonds is 9. The van der Waals surface area contributed by atoms with Crippen molar-refractivity contribution in [1.29, 1.82) is 0 Å². The Morgan fingerprint density at radius 2 is 0.939 bits per heavy atom. The Labute approximate surface area is 376 Å². The molecule has 0 saturated heterocycles. The van der Waals surface area contributed by atoms with Gasteiger partial charge in [0.05, 0.1) is 33.6 Å². The zero-order valence-corrected chi connectivity index (χ0v) is 35.4. The molecule has 9 heteroatoms. The van der Waals surface area contributed by atoms with E-state index in [4.69, 9.17) is 4.98 Å². The maximum absolute atomic E-state index is 15.6. The molecule has 0 amide bonds. The van der Waals surface area contributed by atoms with E-state index in [-0.39, 0.29) is 0 Å². The van der Waals surface area contributed by atoms with Gasteiger partial charge in [-0.25, -0.2) is 4.98 Å². The third kappa shape index (κ3) is 6.81. The van der Waals surface area contributed by atoms with Gasteiger partial charge in [-0.1, -0.05) is 152 Å². The van der Waals surface area contributed by atoms with E-state index < -0.39 is 28.9 Å². The van der Waals surface area contributed by atoms with Gasteiger partial charge in [-0.3, -0.25) is 0 Å². The number of halogens is 6. The maximum Gasteiger partial charge on any atom is 0.411 e. The second-order valence-electron chi connectivity index (χ2n) is 16.1. The summed E-state index contributed by atoms with van der Waals surface area (Å²) in [7, 11) is 0. The molecule has 0 bridgehead atoms. The molecule has 0 fully saturated rings. The summed E-state index contributed by atoms with van der Waals surface area (Å²) in [6.45, 7) is 6.04. The lowest BCUT2D eigenvalue weighted by molar-refractivity contribution is -0.288. The molecular weight excluding hydrogens is 841 g/mol. The van der Waals surface area contributed by atoms with Crippen molar-refractivity contribution in [2.45, 2.75) is 24.7 Å². The van der Waals surface area contributed by atoms with E-state index >= 15 is 26.3 Å². The highest BCUT2D eigenvalue weighted by Gasteiger charge is 2.72. The van der Waals surface area contributed by atoms with Crippen LogP contribution in [-0.2, 0) is 5.41 Å². The Hall–Kier alpha value is -7.91. The number of alkyl halides is 6. The fraction of sp³-hybridized carbons (Fsp3) is 0.0702. The Morgan fingerprint density at radius 3 is 1.48 bits per heavy atom. The number of hydrogen-bond donors (Lipinski definition) is 0. The van der Waals surface area contributed by atoms with E-state index in [0.29, 0.717) is 28.2 Å². The highest BCUT2D eigenvalue weighted by atomic mass is 19.4. The lowest BCUT2D eigenvalue weighted by Gasteiger charge is -2.38. The van der Waals surface area contributed by atoms with Crippen LogP contribution in [0.5, 0.6) is 0 Å². The molecule has 66 heavy (non-hydrogen) atoms. The van der Waals surface area contributed by atoms with Crippen LogP contribution in [-0.4, -0.2) is 26.5 Å². The molecular formula is C57H39F6N3. The number of allylic oxidation sites excluding steroid dienone is 1. The van der Waals surface area contributed by atoms with Crippen molar-refractivity contribution in [2.24, 2.45) is 0 Å². The third-order valence-corrected chi connectivity index (χ3v) is 12.4. The van der Waals surface area contributed by atoms with Gasteiger partial charge in [0.25, 0.3) is 0 Å². The SMILES string of the molecule is C=Cc1c(/C=C\C)n(-c2ccc3c(c2)c2ccccc2n3-c2ccc(C(c3ccc(-c4cc(-c5ccccc5)nc(-c5ccccc5)c4)cc3)(C(F)(F)F)C(F)(F)F)cc2)c2ccccc12. The van der Waals surface area contributed by atoms with Crippen LogP contribution in [0.4, 0.5) is 26.3 Å². The summed E-state index contributed by atoms with van der Waals surface area (Å²) in [5.41, 5.74) is 3.29. The van der Waals surface area contributed by atoms with Gasteiger partial charge in [0.1, 0.15) is 0 Å². The van der Waals surface area contributed by atoms with Crippen molar-refractivity contribution in [2.75, 3.05) is 0 Å². The Bertz CT molecular complexity index is 3380. The minimum absolute atomic E-state index is 0.405. The topological polar surface area (TPSA) is 22.8 Å². The van der Waals surface area contributed by atoms with E-state index in [1.807, 2.05) is 145 Å². The van der Waals surface area contributed by atoms with Crippen molar-refractivity contribution in [3.05, 3.63) is 223 Å². The standard InChI is InChI=1S/C57H39F6N3/c1-3-15-51-45(4-2)46-20-11-13-22-52(46)66(51)44-32-33-54-48(36-44)47-21-12-14-23-53(47)65(54)43-30-28-42(29-31-43)55(56(58,59)60,57(61,62)63)41-26-24-37(25-27-41)40-34-49(38-16-7-5-8-17-38)64-50(35-40)39-18-9-6-10-19-39/h3-36H,2H2,1H3/b15-3-. The van der Waals surface area contributed by atoms with Crippen LogP contribution < -0.4 is 0 Å². The van der Waals surface area contributed by atoms with Crippen molar-refractivity contribution in [3.8, 4) is 45.0 Å². The maximum atomic E-state index is 15.6. The average Bonchev–Trinajstić information content (AvgIpc) is 3.83. The first-order valence-electron chi connectivity index (χ1n) is 21.3. The summed E-state index contributed by atoms with van der Waals surface area (Å²) in [4.78, 5) is 4.85. The summed E-state index contributed by atoms with van der Waals surface area (Å²) in [6.07, 6.45) is -5.69. The molecule has 0 aliphatic carbocycles. The predicted octanol–water partition coefficient (Wildman–Crippen LogP) is 16.2. The first-order chi connectivity index (χ1) is 31.9. The summed E-state index contributed by atoms with van der Waals surface area (Å²) in [6, 6.07) is 53.1. The summed E-state index contributed by atoms with van der Waals surface area (Å²) in [5.74, 6) is 0. The zero-order chi connectivity index (χ0) is 45.8. The van der Waals surface area contributed by atoms with Gasteiger partial charge in [-0.15, -0.1) is 0 Å². The van der Waals surface area contributed by atoms with Crippen LogP contribution in [0.3, 0.4) is 0 Å². The van der Waals surface area contributed by atoms with Gasteiger partial charge in [0.2, 0.25) is 5.41 Å². The monoisotopic (exact) mass is 879 g/mol. The van der Waals surface area contributed by atoms with Crippen LogP contribution >= 0.6 is 0 Å². The number of hydrogen-bond acceptors (Lipinski definition) is 1. The Kier molecular flexibility index (Phi) is 10.4. The zero-order valence-electron chi connectivity index (χ0n) is 35.4. The number of fused-ring (bicyclic) bond motifs is 4. The third-order valence-electron chi connectivity index (χ3n) is 12.4. The Balaban J connectivity index is 1.08. The van der Waals surface area contributed by atoms with Gasteiger partial charge in [0.15, 0.2) is 0 Å². The van der Waals surface area contributed by atoms with Crippen molar-refractivity contribution < 1.29 is 26.3 Å². The minimum Gasteiger partial charge on any atom is -0.309 e. The minimum atomic E-state index is -5.77. The quantitative estimate of drug-likeness (QED) is 0.132. The molecule has 10 aromatic rings. The van der Waals surface area contributed by atoms with Crippen molar-refractivity contribution in [3.63, 3.8) is 0 Å². The molecule has 3 aromatic heterocycles. The largest absolute Gasteiger partial charge is 0.411 e. The molecule has 3 heterocycles. The lowest BCUT2D eigenvalue weighted by atomic mass is 9.72. The molecule has 7 aromatic carbocycles. The fourth-order valence-electron chi connectivity index (χ4n) is 9.44. The van der Waals surface area contributed by atoms with Gasteiger partial charge in [-0.2, -0.15) is 26.3 Å². The van der Waals surface area contributed by atoms with Crippen LogP contribution in [0.25, 0.3) is 89.9 Å². The first-order valence-corrected chi connectivity index (χ1v) is 21.3. The number of nitrogens with zero attached hydrogens (tertiary/aromatic N) is 3. The smallest absolute Gasteiger partial charge is 0.309 e. The van der Waals surface area contributed by atoms with Crippen molar-refractivity contribution >= 4 is 44.9 Å². The molecule has 0 N–H and O–H groups in total. The van der Waals surface area contributed by atoms with Gasteiger partial charge >= 0.3 is 12.4 Å². The molecule has 3 nitrogen and oxygen atoms in total. The second-order valence-corrected chi connectivity index (χ2v) is 16.1. The van der Waals surface area contributed by atoms with Crippen LogP contribution in [0.2, 0.25) is 0 Å². The van der Waals surface area contributed by atoms with E-state index in [9.17, 15) is 0 Å². The summed E-state index contributed by atoms with van der Waals surface area (Å²) < 4.78 is 97.4. The summed E-state index contributed by atoms with van der Waals surface area (Å²) >= 11 is 0. The molecule has 0 atom stereocenters. The number of pyridine rings is 1. The predicted molar refractivity (Wildman–Crippen MR) is 256 cm³/mol. The molecule has 324 valence electrons. The molecule has 10 rings (SSSR count). The first kappa shape index (κ1) is 42.1. The molecule has 0 spiro atoms. The molecule has 0 radical (unpaired) electrons. The Morgan fingerprint density at radius 1 is 0.455 bits per heavy atom. The fourth-order valence-corrected chi connectivity index (χ4v) is 9.44. The lowest BCUT2D eigenvalue weighted by Crippen LogP contribution is -2.54. The van der Waals surface area contributed by atoms with Gasteiger partial charge < -0.3 is 9.13 Å². The number of benzene rings is 7. The molecule has 0 aliphatic rings. The van der Waals surface area contributed by atoms with Gasteiger partial charge in [0, 0.05) is 44.2 Å². The summed E-state index contributed by atoms with van der Waals surface area (Å²) in [5, 5.41) is 2.77. The van der Waals surface area contributed by atoms with E-state index in [0.717, 1.165) is 85.0 Å². The normalized spacial score (nSPS) is 12.5. The molecule has 0 aliphatic heterocycles. The van der Waals surface area contributed by atoms with E-state index in [1.54, 1.807) is 12.1 Å². The number of para-hydroxylation sites is 2.